The first-order valence-electron chi connectivity index (χ1n) is 8.32. The van der Waals surface area contributed by atoms with Crippen LogP contribution < -0.4 is 0 Å². The number of hydrogen-bond acceptors (Lipinski definition) is 3. The van der Waals surface area contributed by atoms with Gasteiger partial charge in [-0.1, -0.05) is 19.3 Å². The molecule has 23 heavy (non-hydrogen) atoms. The van der Waals surface area contributed by atoms with E-state index in [-0.39, 0.29) is 19.5 Å². The van der Waals surface area contributed by atoms with Gasteiger partial charge in [0.1, 0.15) is 0 Å². The van der Waals surface area contributed by atoms with Gasteiger partial charge in [0.05, 0.1) is 5.69 Å². The van der Waals surface area contributed by atoms with E-state index in [9.17, 15) is 18.3 Å². The highest BCUT2D eigenvalue weighted by Crippen LogP contribution is 2.39. The predicted octanol–water partition coefficient (Wildman–Crippen LogP) is 2.97. The minimum Gasteiger partial charge on any atom is -0.379 e. The molecule has 2 aliphatic rings. The average Bonchev–Trinajstić information content (AvgIpc) is 3.04. The Bertz CT molecular complexity index is 551. The lowest BCUT2D eigenvalue weighted by Gasteiger charge is -2.26. The van der Waals surface area contributed by atoms with Gasteiger partial charge in [-0.2, -0.15) is 18.3 Å². The zero-order valence-corrected chi connectivity index (χ0v) is 13.4. The molecule has 7 heteroatoms. The Labute approximate surface area is 134 Å². The SMILES string of the molecule is Cn1cc(CN2CCC(O)(C(F)(F)F)C2)c(C2CCCCC2)n1. The molecule has 1 aliphatic carbocycles. The first-order valence-corrected chi connectivity index (χ1v) is 8.32. The Morgan fingerprint density at radius 3 is 2.61 bits per heavy atom. The summed E-state index contributed by atoms with van der Waals surface area (Å²) in [5.74, 6) is 0.420. The Balaban J connectivity index is 1.71. The normalized spacial score (nSPS) is 27.7. The summed E-state index contributed by atoms with van der Waals surface area (Å²) >= 11 is 0. The molecule has 1 aromatic rings. The molecule has 1 aliphatic heterocycles. The maximum absolute atomic E-state index is 12.9. The van der Waals surface area contributed by atoms with Gasteiger partial charge in [0, 0.05) is 44.4 Å². The summed E-state index contributed by atoms with van der Waals surface area (Å²) < 4.78 is 40.6. The number of aromatic nitrogens is 2. The van der Waals surface area contributed by atoms with E-state index in [4.69, 9.17) is 0 Å². The second-order valence-electron chi connectivity index (χ2n) is 7.04. The highest BCUT2D eigenvalue weighted by Gasteiger charge is 2.56. The molecule has 4 nitrogen and oxygen atoms in total. The second kappa shape index (κ2) is 6.09. The van der Waals surface area contributed by atoms with Crippen molar-refractivity contribution >= 4 is 0 Å². The highest BCUT2D eigenvalue weighted by atomic mass is 19.4. The first-order chi connectivity index (χ1) is 10.8. The quantitative estimate of drug-likeness (QED) is 0.926. The lowest BCUT2D eigenvalue weighted by Crippen LogP contribution is -2.47. The number of β-amino-alcohol motifs (C(OH)–C–C–N with tert-alkyl or cyclic N) is 1. The second-order valence-corrected chi connectivity index (χ2v) is 7.04. The van der Waals surface area contributed by atoms with Crippen LogP contribution in [-0.4, -0.2) is 44.7 Å². The summed E-state index contributed by atoms with van der Waals surface area (Å²) in [5, 5.41) is 14.4. The van der Waals surface area contributed by atoms with E-state index in [0.717, 1.165) is 24.1 Å². The molecule has 1 atom stereocenters. The van der Waals surface area contributed by atoms with Crippen molar-refractivity contribution in [3.05, 3.63) is 17.5 Å². The van der Waals surface area contributed by atoms with Gasteiger partial charge in [-0.05, 0) is 19.3 Å². The van der Waals surface area contributed by atoms with E-state index in [1.165, 1.54) is 19.3 Å². The van der Waals surface area contributed by atoms with E-state index >= 15 is 0 Å². The third-order valence-corrected chi connectivity index (χ3v) is 5.18. The topological polar surface area (TPSA) is 41.3 Å². The van der Waals surface area contributed by atoms with Crippen molar-refractivity contribution in [3.8, 4) is 0 Å². The standard InChI is InChI=1S/C16H24F3N3O/c1-21-9-13(14(20-21)12-5-3-2-4-6-12)10-22-8-7-15(23,11-22)16(17,18)19/h9,12,23H,2-8,10-11H2,1H3. The van der Waals surface area contributed by atoms with Crippen LogP contribution in [0.2, 0.25) is 0 Å². The molecular weight excluding hydrogens is 307 g/mol. The number of alkyl halides is 3. The van der Waals surface area contributed by atoms with Crippen LogP contribution in [0.25, 0.3) is 0 Å². The molecule has 1 unspecified atom stereocenters. The van der Waals surface area contributed by atoms with Crippen molar-refractivity contribution in [2.45, 2.75) is 62.8 Å². The molecule has 0 radical (unpaired) electrons. The Morgan fingerprint density at radius 2 is 2.00 bits per heavy atom. The fourth-order valence-corrected chi connectivity index (χ4v) is 3.87. The molecule has 0 spiro atoms. The third-order valence-electron chi connectivity index (χ3n) is 5.18. The van der Waals surface area contributed by atoms with Crippen LogP contribution in [0.3, 0.4) is 0 Å². The molecule has 0 amide bonds. The van der Waals surface area contributed by atoms with Crippen molar-refractivity contribution < 1.29 is 18.3 Å². The summed E-state index contributed by atoms with van der Waals surface area (Å²) in [6.07, 6.45) is 2.94. The minimum absolute atomic E-state index is 0.254. The van der Waals surface area contributed by atoms with E-state index in [1.54, 1.807) is 9.58 Å². The number of aliphatic hydroxyl groups is 1. The first kappa shape index (κ1) is 16.8. The lowest BCUT2D eigenvalue weighted by atomic mass is 9.85. The largest absolute Gasteiger partial charge is 0.418 e. The number of aryl methyl sites for hydroxylation is 1. The molecule has 2 heterocycles. The summed E-state index contributed by atoms with van der Waals surface area (Å²) in [5.41, 5.74) is -0.527. The van der Waals surface area contributed by atoms with Gasteiger partial charge >= 0.3 is 6.18 Å². The molecule has 1 N–H and O–H groups in total. The zero-order valence-electron chi connectivity index (χ0n) is 13.4. The molecule has 2 fully saturated rings. The molecule has 1 saturated heterocycles. The van der Waals surface area contributed by atoms with Crippen LogP contribution in [0.5, 0.6) is 0 Å². The summed E-state index contributed by atoms with van der Waals surface area (Å²) in [6, 6.07) is 0. The Morgan fingerprint density at radius 1 is 1.30 bits per heavy atom. The van der Waals surface area contributed by atoms with Gasteiger partial charge in [0.15, 0.2) is 5.60 Å². The number of halogens is 3. The van der Waals surface area contributed by atoms with Crippen molar-refractivity contribution in [3.63, 3.8) is 0 Å². The van der Waals surface area contributed by atoms with Crippen LogP contribution in [0, 0.1) is 0 Å². The van der Waals surface area contributed by atoms with Gasteiger partial charge in [-0.25, -0.2) is 0 Å². The van der Waals surface area contributed by atoms with Crippen LogP contribution in [0.4, 0.5) is 13.2 Å². The van der Waals surface area contributed by atoms with E-state index in [2.05, 4.69) is 5.10 Å². The Hall–Kier alpha value is -1.08. The van der Waals surface area contributed by atoms with E-state index in [1.807, 2.05) is 13.2 Å². The van der Waals surface area contributed by atoms with Gasteiger partial charge in [0.2, 0.25) is 0 Å². The lowest BCUT2D eigenvalue weighted by molar-refractivity contribution is -0.254. The van der Waals surface area contributed by atoms with Gasteiger partial charge in [0.25, 0.3) is 0 Å². The number of likely N-dealkylation sites (tertiary alicyclic amines) is 1. The molecule has 130 valence electrons. The maximum atomic E-state index is 12.9. The van der Waals surface area contributed by atoms with Crippen LogP contribution >= 0.6 is 0 Å². The van der Waals surface area contributed by atoms with Crippen LogP contribution in [0.15, 0.2) is 6.20 Å². The summed E-state index contributed by atoms with van der Waals surface area (Å²) in [7, 11) is 1.85. The molecule has 1 saturated carbocycles. The highest BCUT2D eigenvalue weighted by molar-refractivity contribution is 5.22. The number of hydrogen-bond donors (Lipinski definition) is 1. The van der Waals surface area contributed by atoms with Gasteiger partial charge in [-0.15, -0.1) is 0 Å². The summed E-state index contributed by atoms with van der Waals surface area (Å²) in [6.45, 7) is 0.336. The van der Waals surface area contributed by atoms with E-state index < -0.39 is 11.8 Å². The maximum Gasteiger partial charge on any atom is 0.418 e. The zero-order chi connectivity index (χ0) is 16.7. The summed E-state index contributed by atoms with van der Waals surface area (Å²) in [4.78, 5) is 1.69. The number of nitrogens with zero attached hydrogens (tertiary/aromatic N) is 3. The van der Waals surface area contributed by atoms with Crippen LogP contribution in [-0.2, 0) is 13.6 Å². The fraction of sp³-hybridized carbons (Fsp3) is 0.812. The van der Waals surface area contributed by atoms with Crippen molar-refractivity contribution in [1.29, 1.82) is 0 Å². The minimum atomic E-state index is -4.57. The van der Waals surface area contributed by atoms with Crippen molar-refractivity contribution in [2.24, 2.45) is 7.05 Å². The van der Waals surface area contributed by atoms with Gasteiger partial charge < -0.3 is 5.11 Å². The molecule has 3 rings (SSSR count). The average molecular weight is 331 g/mol. The third kappa shape index (κ3) is 3.40. The molecule has 0 bridgehead atoms. The van der Waals surface area contributed by atoms with Crippen molar-refractivity contribution in [1.82, 2.24) is 14.7 Å². The predicted molar refractivity (Wildman–Crippen MR) is 79.9 cm³/mol. The Kier molecular flexibility index (Phi) is 4.44. The molecule has 0 aromatic carbocycles. The smallest absolute Gasteiger partial charge is 0.379 e. The monoisotopic (exact) mass is 331 g/mol. The van der Waals surface area contributed by atoms with Gasteiger partial charge in [-0.3, -0.25) is 9.58 Å². The molecule has 1 aromatic heterocycles. The van der Waals surface area contributed by atoms with Crippen molar-refractivity contribution in [2.75, 3.05) is 13.1 Å². The van der Waals surface area contributed by atoms with E-state index in [0.29, 0.717) is 12.5 Å². The number of rotatable bonds is 3. The van der Waals surface area contributed by atoms with Crippen LogP contribution in [0.1, 0.15) is 55.7 Å². The molecular formula is C16H24F3N3O. The fourth-order valence-electron chi connectivity index (χ4n) is 3.87.